The van der Waals surface area contributed by atoms with Crippen molar-refractivity contribution in [2.45, 2.75) is 38.2 Å². The lowest BCUT2D eigenvalue weighted by Gasteiger charge is -2.40. The molecular weight excluding hydrogens is 268 g/mol. The van der Waals surface area contributed by atoms with Crippen LogP contribution in [0.4, 0.5) is 0 Å². The Kier molecular flexibility index (Phi) is 4.44. The third-order valence-corrected chi connectivity index (χ3v) is 4.57. The number of hydrogen-bond acceptors (Lipinski definition) is 1. The Morgan fingerprint density at radius 3 is 1.91 bits per heavy atom. The van der Waals surface area contributed by atoms with E-state index in [1.807, 2.05) is 0 Å². The van der Waals surface area contributed by atoms with Gasteiger partial charge in [-0.05, 0) is 37.8 Å². The van der Waals surface area contributed by atoms with Gasteiger partial charge in [0.2, 0.25) is 0 Å². The van der Waals surface area contributed by atoms with Gasteiger partial charge in [0.1, 0.15) is 0 Å². The second kappa shape index (κ2) is 6.50. The molecule has 0 spiro atoms. The predicted octanol–water partition coefficient (Wildman–Crippen LogP) is 5.12. The molecule has 0 bridgehead atoms. The van der Waals surface area contributed by atoms with E-state index in [4.69, 9.17) is 4.74 Å². The van der Waals surface area contributed by atoms with Crippen LogP contribution in [-0.4, -0.2) is 12.7 Å². The number of hydrogen-bond donors (Lipinski definition) is 0. The zero-order valence-corrected chi connectivity index (χ0v) is 13.5. The minimum Gasteiger partial charge on any atom is -0.373 e. The van der Waals surface area contributed by atoms with E-state index in [-0.39, 0.29) is 11.5 Å². The van der Waals surface area contributed by atoms with Gasteiger partial charge in [-0.25, -0.2) is 0 Å². The molecule has 1 aliphatic rings. The van der Waals surface area contributed by atoms with Crippen molar-refractivity contribution in [3.8, 4) is 0 Å². The van der Waals surface area contributed by atoms with E-state index < -0.39 is 0 Å². The first-order chi connectivity index (χ1) is 10.7. The maximum absolute atomic E-state index is 6.24. The van der Waals surface area contributed by atoms with Gasteiger partial charge in [-0.1, -0.05) is 72.3 Å². The predicted molar refractivity (Wildman–Crippen MR) is 92.1 cm³/mol. The molecule has 1 heteroatoms. The van der Waals surface area contributed by atoms with Crippen LogP contribution < -0.4 is 0 Å². The summed E-state index contributed by atoms with van der Waals surface area (Å²) in [6, 6.07) is 21.6. The average molecular weight is 292 g/mol. The zero-order chi connectivity index (χ0) is 15.4. The molecule has 114 valence electrons. The number of allylic oxidation sites excluding steroid dienone is 1. The molecule has 1 heterocycles. The van der Waals surface area contributed by atoms with Crippen molar-refractivity contribution in [3.05, 3.63) is 83.4 Å². The highest BCUT2D eigenvalue weighted by Gasteiger charge is 2.38. The second-order valence-corrected chi connectivity index (χ2v) is 6.45. The quantitative estimate of drug-likeness (QED) is 0.714. The molecule has 1 nitrogen and oxygen atoms in total. The third kappa shape index (κ3) is 3.00. The molecule has 1 aliphatic heterocycles. The van der Waals surface area contributed by atoms with Gasteiger partial charge < -0.3 is 4.74 Å². The fourth-order valence-electron chi connectivity index (χ4n) is 3.43. The first-order valence-corrected chi connectivity index (χ1v) is 8.08. The van der Waals surface area contributed by atoms with Crippen LogP contribution in [0.15, 0.2) is 72.3 Å². The summed E-state index contributed by atoms with van der Waals surface area (Å²) in [6.07, 6.45) is 4.69. The van der Waals surface area contributed by atoms with Crippen molar-refractivity contribution >= 4 is 0 Å². The number of benzene rings is 2. The molecule has 0 saturated carbocycles. The van der Waals surface area contributed by atoms with Crippen molar-refractivity contribution < 1.29 is 4.74 Å². The van der Waals surface area contributed by atoms with E-state index in [2.05, 4.69) is 80.6 Å². The highest BCUT2D eigenvalue weighted by atomic mass is 16.5. The van der Waals surface area contributed by atoms with E-state index >= 15 is 0 Å². The number of rotatable bonds is 3. The molecule has 0 radical (unpaired) electrons. The van der Waals surface area contributed by atoms with Gasteiger partial charge in [-0.15, -0.1) is 0 Å². The maximum atomic E-state index is 6.24. The van der Waals surface area contributed by atoms with Crippen LogP contribution in [0.25, 0.3) is 0 Å². The van der Waals surface area contributed by atoms with Gasteiger partial charge in [0.25, 0.3) is 0 Å². The zero-order valence-electron chi connectivity index (χ0n) is 13.5. The van der Waals surface area contributed by atoms with E-state index in [1.54, 1.807) is 0 Å². The fraction of sp³-hybridized carbons (Fsp3) is 0.333. The fourth-order valence-corrected chi connectivity index (χ4v) is 3.43. The van der Waals surface area contributed by atoms with Crippen LogP contribution in [0.3, 0.4) is 0 Å². The average Bonchev–Trinajstić information content (AvgIpc) is 2.57. The van der Waals surface area contributed by atoms with E-state index in [0.717, 1.165) is 19.4 Å². The summed E-state index contributed by atoms with van der Waals surface area (Å²) in [6.45, 7) is 5.02. The maximum Gasteiger partial charge on any atom is 0.0759 e. The lowest BCUT2D eigenvalue weighted by molar-refractivity contribution is 0.00693. The van der Waals surface area contributed by atoms with Crippen LogP contribution in [-0.2, 0) is 10.2 Å². The topological polar surface area (TPSA) is 9.23 Å². The third-order valence-electron chi connectivity index (χ3n) is 4.57. The summed E-state index contributed by atoms with van der Waals surface area (Å²) < 4.78 is 6.24. The van der Waals surface area contributed by atoms with E-state index in [9.17, 15) is 0 Å². The lowest BCUT2D eigenvalue weighted by Crippen LogP contribution is -2.40. The van der Waals surface area contributed by atoms with Crippen molar-refractivity contribution in [1.82, 2.24) is 0 Å². The summed E-state index contributed by atoms with van der Waals surface area (Å²) in [5.74, 6) is 0. The molecule has 3 rings (SSSR count). The van der Waals surface area contributed by atoms with Gasteiger partial charge in [-0.2, -0.15) is 0 Å². The largest absolute Gasteiger partial charge is 0.373 e. The Balaban J connectivity index is 1.95. The Bertz CT molecular complexity index is 574. The molecule has 0 N–H and O–H groups in total. The first-order valence-electron chi connectivity index (χ1n) is 8.08. The normalized spacial score (nSPS) is 20.4. The molecule has 1 saturated heterocycles. The standard InChI is InChI=1S/C21H24O/c1-17(2)15-20-13-14-21(16-22-20,18-9-5-3-6-10-18)19-11-7-4-8-12-19/h3-12,15,20H,13-14,16H2,1-2H3. The van der Waals surface area contributed by atoms with Crippen molar-refractivity contribution in [3.63, 3.8) is 0 Å². The van der Waals surface area contributed by atoms with Crippen molar-refractivity contribution in [1.29, 1.82) is 0 Å². The number of ether oxygens (including phenoxy) is 1. The summed E-state index contributed by atoms with van der Waals surface area (Å²) in [5, 5.41) is 0. The summed E-state index contributed by atoms with van der Waals surface area (Å²) in [7, 11) is 0. The van der Waals surface area contributed by atoms with Gasteiger partial charge in [-0.3, -0.25) is 0 Å². The molecule has 0 amide bonds. The van der Waals surface area contributed by atoms with E-state index in [0.29, 0.717) is 0 Å². The molecule has 1 atom stereocenters. The van der Waals surface area contributed by atoms with Crippen LogP contribution in [0.5, 0.6) is 0 Å². The minimum absolute atomic E-state index is 0.0193. The Hall–Kier alpha value is -1.86. The summed E-state index contributed by atoms with van der Waals surface area (Å²) in [5.41, 5.74) is 4.03. The Labute approximate surface area is 133 Å². The van der Waals surface area contributed by atoms with Crippen molar-refractivity contribution in [2.24, 2.45) is 0 Å². The summed E-state index contributed by atoms with van der Waals surface area (Å²) in [4.78, 5) is 0. The molecule has 22 heavy (non-hydrogen) atoms. The molecule has 1 fully saturated rings. The van der Waals surface area contributed by atoms with Gasteiger partial charge in [0.15, 0.2) is 0 Å². The van der Waals surface area contributed by atoms with E-state index in [1.165, 1.54) is 16.7 Å². The molecule has 2 aromatic rings. The molecule has 2 aromatic carbocycles. The van der Waals surface area contributed by atoms with Crippen LogP contribution in [0, 0.1) is 0 Å². The van der Waals surface area contributed by atoms with Crippen molar-refractivity contribution in [2.75, 3.05) is 6.61 Å². The Morgan fingerprint density at radius 2 is 1.50 bits per heavy atom. The molecule has 1 unspecified atom stereocenters. The smallest absolute Gasteiger partial charge is 0.0759 e. The van der Waals surface area contributed by atoms with Crippen LogP contribution >= 0.6 is 0 Å². The minimum atomic E-state index is -0.0193. The van der Waals surface area contributed by atoms with Crippen LogP contribution in [0.1, 0.15) is 37.8 Å². The SMILES string of the molecule is CC(C)=CC1CCC(c2ccccc2)(c2ccccc2)CO1. The monoisotopic (exact) mass is 292 g/mol. The molecule has 0 aromatic heterocycles. The van der Waals surface area contributed by atoms with Gasteiger partial charge >= 0.3 is 0 Å². The molecular formula is C21H24O. The lowest BCUT2D eigenvalue weighted by atomic mass is 9.70. The Morgan fingerprint density at radius 1 is 0.955 bits per heavy atom. The van der Waals surface area contributed by atoms with Crippen LogP contribution in [0.2, 0.25) is 0 Å². The first kappa shape index (κ1) is 15.1. The highest BCUT2D eigenvalue weighted by molar-refractivity contribution is 5.40. The van der Waals surface area contributed by atoms with Gasteiger partial charge in [0, 0.05) is 5.41 Å². The highest BCUT2D eigenvalue weighted by Crippen LogP contribution is 2.41. The molecule has 0 aliphatic carbocycles. The summed E-state index contributed by atoms with van der Waals surface area (Å²) >= 11 is 0. The second-order valence-electron chi connectivity index (χ2n) is 6.45. The van der Waals surface area contributed by atoms with Gasteiger partial charge in [0.05, 0.1) is 12.7 Å².